The van der Waals surface area contributed by atoms with E-state index in [-0.39, 0.29) is 17.9 Å². The quantitative estimate of drug-likeness (QED) is 0.818. The lowest BCUT2D eigenvalue weighted by Gasteiger charge is -2.33. The van der Waals surface area contributed by atoms with Crippen LogP contribution < -0.4 is 0 Å². The number of carbonyl (C=O) groups is 2. The molecule has 0 radical (unpaired) electrons. The summed E-state index contributed by atoms with van der Waals surface area (Å²) in [6.07, 6.45) is 3.59. The van der Waals surface area contributed by atoms with Gasteiger partial charge < -0.3 is 14.2 Å². The molecule has 1 fully saturated rings. The highest BCUT2D eigenvalue weighted by Gasteiger charge is 2.26. The summed E-state index contributed by atoms with van der Waals surface area (Å²) in [5.41, 5.74) is 1.34. The number of hydrogen-bond donors (Lipinski definition) is 0. The molecule has 5 nitrogen and oxygen atoms in total. The summed E-state index contributed by atoms with van der Waals surface area (Å²) in [5, 5.41) is 3.80. The number of nitrogens with zero attached hydrogens (tertiary/aromatic N) is 2. The van der Waals surface area contributed by atoms with Crippen LogP contribution >= 0.6 is 11.3 Å². The fourth-order valence-corrected chi connectivity index (χ4v) is 3.54. The lowest BCUT2D eigenvalue weighted by atomic mass is 10.0. The van der Waals surface area contributed by atoms with E-state index >= 15 is 0 Å². The van der Waals surface area contributed by atoms with E-state index in [1.165, 1.54) is 18.4 Å². The molecule has 2 aromatic heterocycles. The highest BCUT2D eigenvalue weighted by Crippen LogP contribution is 2.26. The first-order valence-electron chi connectivity index (χ1n) is 7.27. The SMILES string of the molecule is COC(=O)c1cccn1C1CCN(C(=O)c2ccsc2)CC1. The van der Waals surface area contributed by atoms with Crippen molar-refractivity contribution in [2.45, 2.75) is 18.9 Å². The number of likely N-dealkylation sites (tertiary alicyclic amines) is 1. The number of carbonyl (C=O) groups excluding carboxylic acids is 2. The molecule has 1 amide bonds. The minimum Gasteiger partial charge on any atom is -0.464 e. The van der Waals surface area contributed by atoms with Crippen LogP contribution in [0.4, 0.5) is 0 Å². The summed E-state index contributed by atoms with van der Waals surface area (Å²) >= 11 is 1.54. The fourth-order valence-electron chi connectivity index (χ4n) is 2.91. The zero-order valence-corrected chi connectivity index (χ0v) is 13.2. The molecule has 2 aromatic rings. The van der Waals surface area contributed by atoms with E-state index in [1.54, 1.807) is 6.07 Å². The molecule has 0 unspecified atom stereocenters. The molecule has 6 heteroatoms. The van der Waals surface area contributed by atoms with Crippen molar-refractivity contribution < 1.29 is 14.3 Å². The van der Waals surface area contributed by atoms with E-state index < -0.39 is 0 Å². The second-order valence-electron chi connectivity index (χ2n) is 5.33. The van der Waals surface area contributed by atoms with Crippen molar-refractivity contribution in [2.24, 2.45) is 0 Å². The van der Waals surface area contributed by atoms with Crippen LogP contribution in [0.3, 0.4) is 0 Å². The van der Waals surface area contributed by atoms with Gasteiger partial charge in [-0.3, -0.25) is 4.79 Å². The average molecular weight is 318 g/mol. The summed E-state index contributed by atoms with van der Waals surface area (Å²) in [6.45, 7) is 1.41. The number of amides is 1. The molecule has 3 rings (SSSR count). The third-order valence-electron chi connectivity index (χ3n) is 4.09. The maximum absolute atomic E-state index is 12.3. The molecule has 116 valence electrons. The monoisotopic (exact) mass is 318 g/mol. The van der Waals surface area contributed by atoms with Gasteiger partial charge in [-0.05, 0) is 36.4 Å². The molecule has 22 heavy (non-hydrogen) atoms. The van der Waals surface area contributed by atoms with Crippen LogP contribution in [0, 0.1) is 0 Å². The molecule has 0 aliphatic carbocycles. The zero-order chi connectivity index (χ0) is 15.5. The van der Waals surface area contributed by atoms with Crippen LogP contribution in [0.1, 0.15) is 39.7 Å². The number of thiophene rings is 1. The Kier molecular flexibility index (Phi) is 4.29. The minimum absolute atomic E-state index is 0.0976. The Balaban J connectivity index is 1.66. The average Bonchev–Trinajstić information content (AvgIpc) is 3.25. The maximum Gasteiger partial charge on any atom is 0.354 e. The van der Waals surface area contributed by atoms with Gasteiger partial charge in [0.15, 0.2) is 0 Å². The van der Waals surface area contributed by atoms with Crippen molar-refractivity contribution in [3.63, 3.8) is 0 Å². The molecular formula is C16H18N2O3S. The van der Waals surface area contributed by atoms with E-state index in [0.29, 0.717) is 18.8 Å². The second kappa shape index (κ2) is 6.36. The molecule has 0 aromatic carbocycles. The Morgan fingerprint density at radius 3 is 2.68 bits per heavy atom. The van der Waals surface area contributed by atoms with Gasteiger partial charge in [0.25, 0.3) is 5.91 Å². The molecule has 1 saturated heterocycles. The third-order valence-corrected chi connectivity index (χ3v) is 4.77. The highest BCUT2D eigenvalue weighted by atomic mass is 32.1. The lowest BCUT2D eigenvalue weighted by molar-refractivity contribution is 0.0573. The lowest BCUT2D eigenvalue weighted by Crippen LogP contribution is -2.39. The van der Waals surface area contributed by atoms with Crippen molar-refractivity contribution in [1.29, 1.82) is 0 Å². The van der Waals surface area contributed by atoms with Gasteiger partial charge in [0, 0.05) is 30.7 Å². The van der Waals surface area contributed by atoms with E-state index in [1.807, 2.05) is 38.6 Å². The van der Waals surface area contributed by atoms with Gasteiger partial charge in [0.2, 0.25) is 0 Å². The number of piperidine rings is 1. The number of ether oxygens (including phenoxy) is 1. The minimum atomic E-state index is -0.318. The molecule has 1 aliphatic rings. The van der Waals surface area contributed by atoms with Gasteiger partial charge in [-0.2, -0.15) is 11.3 Å². The van der Waals surface area contributed by atoms with Crippen LogP contribution in [0.25, 0.3) is 0 Å². The van der Waals surface area contributed by atoms with Crippen molar-refractivity contribution in [3.8, 4) is 0 Å². The molecule has 0 N–H and O–H groups in total. The number of esters is 1. The van der Waals surface area contributed by atoms with Gasteiger partial charge >= 0.3 is 5.97 Å². The van der Waals surface area contributed by atoms with E-state index in [9.17, 15) is 9.59 Å². The van der Waals surface area contributed by atoms with Crippen molar-refractivity contribution >= 4 is 23.2 Å². The largest absolute Gasteiger partial charge is 0.464 e. The Labute approximate surface area is 133 Å². The summed E-state index contributed by atoms with van der Waals surface area (Å²) in [6, 6.07) is 5.72. The van der Waals surface area contributed by atoms with Gasteiger partial charge in [-0.25, -0.2) is 4.79 Å². The Hall–Kier alpha value is -2.08. The predicted molar refractivity (Wildman–Crippen MR) is 84.3 cm³/mol. The van der Waals surface area contributed by atoms with Crippen LogP contribution in [0.2, 0.25) is 0 Å². The first-order valence-corrected chi connectivity index (χ1v) is 8.21. The summed E-state index contributed by atoms with van der Waals surface area (Å²) < 4.78 is 6.78. The first-order chi connectivity index (χ1) is 10.7. The first kappa shape index (κ1) is 14.8. The van der Waals surface area contributed by atoms with Gasteiger partial charge in [-0.15, -0.1) is 0 Å². The molecule has 0 saturated carbocycles. The maximum atomic E-state index is 12.3. The molecule has 0 atom stereocenters. The molecule has 3 heterocycles. The van der Waals surface area contributed by atoms with E-state index in [4.69, 9.17) is 4.74 Å². The molecule has 0 spiro atoms. The van der Waals surface area contributed by atoms with Gasteiger partial charge in [0.1, 0.15) is 5.69 Å². The summed E-state index contributed by atoms with van der Waals surface area (Å²) in [4.78, 5) is 26.0. The van der Waals surface area contributed by atoms with Crippen LogP contribution in [-0.2, 0) is 4.74 Å². The Morgan fingerprint density at radius 2 is 2.05 bits per heavy atom. The third kappa shape index (κ3) is 2.78. The topological polar surface area (TPSA) is 51.5 Å². The van der Waals surface area contributed by atoms with E-state index in [0.717, 1.165) is 18.4 Å². The summed E-state index contributed by atoms with van der Waals surface area (Å²) in [7, 11) is 1.39. The molecule has 1 aliphatic heterocycles. The van der Waals surface area contributed by atoms with Gasteiger partial charge in [-0.1, -0.05) is 0 Å². The van der Waals surface area contributed by atoms with Crippen molar-refractivity contribution in [1.82, 2.24) is 9.47 Å². The molecule has 0 bridgehead atoms. The standard InChI is InChI=1S/C16H18N2O3S/c1-21-16(20)14-3-2-7-18(14)13-4-8-17(9-5-13)15(19)12-6-10-22-11-12/h2-3,6-7,10-11,13H,4-5,8-9H2,1H3. The molecular weight excluding hydrogens is 300 g/mol. The van der Waals surface area contributed by atoms with Crippen molar-refractivity contribution in [3.05, 3.63) is 46.4 Å². The Morgan fingerprint density at radius 1 is 1.27 bits per heavy atom. The smallest absolute Gasteiger partial charge is 0.354 e. The normalized spacial score (nSPS) is 15.8. The summed E-state index contributed by atoms with van der Waals surface area (Å²) in [5.74, 6) is -0.220. The van der Waals surface area contributed by atoms with E-state index in [2.05, 4.69) is 0 Å². The van der Waals surface area contributed by atoms with Crippen LogP contribution in [-0.4, -0.2) is 41.5 Å². The highest BCUT2D eigenvalue weighted by molar-refractivity contribution is 7.08. The number of rotatable bonds is 3. The number of aromatic nitrogens is 1. The van der Waals surface area contributed by atoms with Crippen LogP contribution in [0.5, 0.6) is 0 Å². The van der Waals surface area contributed by atoms with Crippen molar-refractivity contribution in [2.75, 3.05) is 20.2 Å². The fraction of sp³-hybridized carbons (Fsp3) is 0.375. The predicted octanol–water partition coefficient (Wildman–Crippen LogP) is 2.81. The number of hydrogen-bond acceptors (Lipinski definition) is 4. The second-order valence-corrected chi connectivity index (χ2v) is 6.11. The van der Waals surface area contributed by atoms with Gasteiger partial charge in [0.05, 0.1) is 12.7 Å². The Bertz CT molecular complexity index is 655. The van der Waals surface area contributed by atoms with Crippen LogP contribution in [0.15, 0.2) is 35.2 Å². The zero-order valence-electron chi connectivity index (χ0n) is 12.4. The number of methoxy groups -OCH3 is 1.